The lowest BCUT2D eigenvalue weighted by Gasteiger charge is -2.09. The summed E-state index contributed by atoms with van der Waals surface area (Å²) in [6.07, 6.45) is 0. The quantitative estimate of drug-likeness (QED) is 0.351. The van der Waals surface area contributed by atoms with Crippen LogP contribution in [0.25, 0.3) is 39.0 Å². The summed E-state index contributed by atoms with van der Waals surface area (Å²) < 4.78 is 2.05. The first-order valence-electron chi connectivity index (χ1n) is 9.50. The Morgan fingerprint density at radius 2 is 1.36 bits per heavy atom. The first-order valence-corrected chi connectivity index (χ1v) is 9.50. The van der Waals surface area contributed by atoms with Crippen molar-refractivity contribution in [3.05, 3.63) is 109 Å². The molecular weight excluding hydrogens is 340 g/mol. The van der Waals surface area contributed by atoms with Gasteiger partial charge in [0.05, 0.1) is 17.1 Å². The van der Waals surface area contributed by atoms with Gasteiger partial charge in [-0.3, -0.25) is 0 Å². The zero-order valence-electron chi connectivity index (χ0n) is 15.7. The summed E-state index contributed by atoms with van der Waals surface area (Å²) in [5.74, 6) is 0. The van der Waals surface area contributed by atoms with Crippen LogP contribution in [-0.2, 0) is 0 Å². The van der Waals surface area contributed by atoms with Crippen LogP contribution < -0.4 is 0 Å². The topological polar surface area (TPSA) is 17.8 Å². The van der Waals surface area contributed by atoms with Gasteiger partial charge < -0.3 is 0 Å². The summed E-state index contributed by atoms with van der Waals surface area (Å²) in [7, 11) is 0. The van der Waals surface area contributed by atoms with Gasteiger partial charge in [-0.05, 0) is 47.5 Å². The molecular formula is C26H20N2. The molecule has 5 rings (SSSR count). The first kappa shape index (κ1) is 16.5. The summed E-state index contributed by atoms with van der Waals surface area (Å²) >= 11 is 0. The number of rotatable bonds is 3. The highest BCUT2D eigenvalue weighted by Crippen LogP contribution is 2.31. The van der Waals surface area contributed by atoms with Gasteiger partial charge >= 0.3 is 0 Å². The maximum absolute atomic E-state index is 4.99. The van der Waals surface area contributed by atoms with Gasteiger partial charge in [0.1, 0.15) is 0 Å². The fourth-order valence-electron chi connectivity index (χ4n) is 3.69. The van der Waals surface area contributed by atoms with E-state index in [4.69, 9.17) is 5.10 Å². The molecule has 0 aliphatic rings. The van der Waals surface area contributed by atoms with E-state index in [0.717, 1.165) is 22.6 Å². The van der Waals surface area contributed by atoms with E-state index in [1.54, 1.807) is 0 Å². The predicted octanol–water partition coefficient (Wildman–Crippen LogP) is 6.67. The molecule has 28 heavy (non-hydrogen) atoms. The van der Waals surface area contributed by atoms with Crippen molar-refractivity contribution in [3.63, 3.8) is 0 Å². The molecule has 2 heteroatoms. The highest BCUT2D eigenvalue weighted by Gasteiger charge is 2.14. The Labute approximate surface area is 164 Å². The minimum absolute atomic E-state index is 0.979. The summed E-state index contributed by atoms with van der Waals surface area (Å²) in [6.45, 7) is 2.15. The van der Waals surface area contributed by atoms with Gasteiger partial charge in [-0.25, -0.2) is 4.68 Å². The summed E-state index contributed by atoms with van der Waals surface area (Å²) in [6, 6.07) is 36.0. The van der Waals surface area contributed by atoms with Crippen LogP contribution in [0.3, 0.4) is 0 Å². The molecule has 0 aliphatic heterocycles. The summed E-state index contributed by atoms with van der Waals surface area (Å²) in [4.78, 5) is 0. The van der Waals surface area contributed by atoms with Gasteiger partial charge in [-0.2, -0.15) is 5.10 Å². The lowest BCUT2D eigenvalue weighted by Crippen LogP contribution is -1.99. The van der Waals surface area contributed by atoms with E-state index in [0.29, 0.717) is 0 Å². The molecule has 1 heterocycles. The van der Waals surface area contributed by atoms with Crippen molar-refractivity contribution in [1.82, 2.24) is 9.78 Å². The van der Waals surface area contributed by atoms with Crippen LogP contribution in [0.5, 0.6) is 0 Å². The molecule has 134 valence electrons. The third-order valence-electron chi connectivity index (χ3n) is 5.18. The van der Waals surface area contributed by atoms with Gasteiger partial charge in [-0.15, -0.1) is 0 Å². The Kier molecular flexibility index (Phi) is 4.02. The second-order valence-corrected chi connectivity index (χ2v) is 7.04. The highest BCUT2D eigenvalue weighted by molar-refractivity contribution is 5.87. The minimum atomic E-state index is 0.979. The maximum Gasteiger partial charge on any atom is 0.0934 e. The highest BCUT2D eigenvalue weighted by atomic mass is 15.3. The lowest BCUT2D eigenvalue weighted by atomic mass is 10.0. The van der Waals surface area contributed by atoms with Crippen LogP contribution in [0.4, 0.5) is 0 Å². The Morgan fingerprint density at radius 1 is 0.643 bits per heavy atom. The van der Waals surface area contributed by atoms with Crippen molar-refractivity contribution in [1.29, 1.82) is 0 Å². The van der Waals surface area contributed by atoms with Crippen molar-refractivity contribution in [2.75, 3.05) is 0 Å². The Balaban J connectivity index is 1.72. The molecule has 5 aromatic rings. The van der Waals surface area contributed by atoms with E-state index in [2.05, 4.69) is 91.9 Å². The molecule has 0 bridgehead atoms. The third-order valence-corrected chi connectivity index (χ3v) is 5.18. The summed E-state index contributed by atoms with van der Waals surface area (Å²) in [5, 5.41) is 7.46. The molecule has 0 fully saturated rings. The molecule has 0 amide bonds. The molecule has 2 nitrogen and oxygen atoms in total. The standard InChI is InChI=1S/C26H20N2/c1-19-9-5-8-14-24(19)26-18-25(27-28(26)23-12-3-2-4-13-23)22-16-15-20-10-6-7-11-21(20)17-22/h2-18H,1H3. The molecule has 0 unspecified atom stereocenters. The number of fused-ring (bicyclic) bond motifs is 1. The van der Waals surface area contributed by atoms with E-state index in [9.17, 15) is 0 Å². The van der Waals surface area contributed by atoms with Crippen LogP contribution in [0, 0.1) is 6.92 Å². The fraction of sp³-hybridized carbons (Fsp3) is 0.0385. The zero-order valence-corrected chi connectivity index (χ0v) is 15.7. The largest absolute Gasteiger partial charge is 0.232 e. The molecule has 1 aromatic heterocycles. The number of nitrogens with zero attached hydrogens (tertiary/aromatic N) is 2. The van der Waals surface area contributed by atoms with Gasteiger partial charge in [0.2, 0.25) is 0 Å². The van der Waals surface area contributed by atoms with Crippen molar-refractivity contribution in [3.8, 4) is 28.2 Å². The lowest BCUT2D eigenvalue weighted by molar-refractivity contribution is 0.891. The minimum Gasteiger partial charge on any atom is -0.232 e. The number of benzene rings is 4. The molecule has 0 atom stereocenters. The molecule has 0 saturated carbocycles. The SMILES string of the molecule is Cc1ccccc1-c1cc(-c2ccc3ccccc3c2)nn1-c1ccccc1. The predicted molar refractivity (Wildman–Crippen MR) is 117 cm³/mol. The van der Waals surface area contributed by atoms with Crippen LogP contribution in [0.1, 0.15) is 5.56 Å². The van der Waals surface area contributed by atoms with E-state index >= 15 is 0 Å². The van der Waals surface area contributed by atoms with Crippen molar-refractivity contribution in [2.45, 2.75) is 6.92 Å². The average molecular weight is 360 g/mol. The number of hydrogen-bond acceptors (Lipinski definition) is 1. The van der Waals surface area contributed by atoms with Crippen LogP contribution >= 0.6 is 0 Å². The fourth-order valence-corrected chi connectivity index (χ4v) is 3.69. The van der Waals surface area contributed by atoms with Gasteiger partial charge in [0.15, 0.2) is 0 Å². The maximum atomic E-state index is 4.99. The molecule has 0 saturated heterocycles. The zero-order chi connectivity index (χ0) is 18.9. The second-order valence-electron chi connectivity index (χ2n) is 7.04. The van der Waals surface area contributed by atoms with Gasteiger partial charge in [0.25, 0.3) is 0 Å². The van der Waals surface area contributed by atoms with E-state index in [1.807, 2.05) is 22.9 Å². The van der Waals surface area contributed by atoms with Crippen molar-refractivity contribution < 1.29 is 0 Å². The Bertz CT molecular complexity index is 1270. The molecule has 0 N–H and O–H groups in total. The number of aryl methyl sites for hydroxylation is 1. The summed E-state index contributed by atoms with van der Waals surface area (Å²) in [5.41, 5.74) is 6.71. The van der Waals surface area contributed by atoms with Crippen LogP contribution in [0.2, 0.25) is 0 Å². The molecule has 0 radical (unpaired) electrons. The smallest absolute Gasteiger partial charge is 0.0934 e. The van der Waals surface area contributed by atoms with Gasteiger partial charge in [-0.1, -0.05) is 78.9 Å². The number of para-hydroxylation sites is 1. The van der Waals surface area contributed by atoms with Crippen molar-refractivity contribution in [2.24, 2.45) is 0 Å². The Hall–Kier alpha value is -3.65. The van der Waals surface area contributed by atoms with E-state index < -0.39 is 0 Å². The van der Waals surface area contributed by atoms with E-state index in [-0.39, 0.29) is 0 Å². The molecule has 0 spiro atoms. The van der Waals surface area contributed by atoms with Crippen molar-refractivity contribution >= 4 is 10.8 Å². The third kappa shape index (κ3) is 2.89. The molecule has 4 aromatic carbocycles. The van der Waals surface area contributed by atoms with Gasteiger partial charge in [0, 0.05) is 11.1 Å². The first-order chi connectivity index (χ1) is 13.8. The molecule has 0 aliphatic carbocycles. The number of aromatic nitrogens is 2. The Morgan fingerprint density at radius 3 is 2.18 bits per heavy atom. The van der Waals surface area contributed by atoms with E-state index in [1.165, 1.54) is 21.9 Å². The second kappa shape index (κ2) is 6.82. The monoisotopic (exact) mass is 360 g/mol. The number of hydrogen-bond donors (Lipinski definition) is 0. The van der Waals surface area contributed by atoms with Crippen LogP contribution in [-0.4, -0.2) is 9.78 Å². The average Bonchev–Trinajstić information content (AvgIpc) is 3.19. The normalized spacial score (nSPS) is 11.0. The van der Waals surface area contributed by atoms with Crippen LogP contribution in [0.15, 0.2) is 103 Å².